The first-order valence-corrected chi connectivity index (χ1v) is 8.91. The van der Waals surface area contributed by atoms with Crippen LogP contribution in [0.3, 0.4) is 0 Å². The van der Waals surface area contributed by atoms with Crippen LogP contribution in [0.25, 0.3) is 0 Å². The molecular weight excluding hydrogens is 332 g/mol. The van der Waals surface area contributed by atoms with Crippen molar-refractivity contribution in [1.29, 1.82) is 0 Å². The van der Waals surface area contributed by atoms with Crippen molar-refractivity contribution in [1.82, 2.24) is 15.0 Å². The molecule has 2 aliphatic rings. The molecule has 0 aromatic carbocycles. The lowest BCUT2D eigenvalue weighted by Crippen LogP contribution is -2.54. The van der Waals surface area contributed by atoms with E-state index in [2.05, 4.69) is 30.8 Å². The number of pyridine rings is 1. The fraction of sp³-hybridized carbons (Fsp3) is 0.444. The van der Waals surface area contributed by atoms with E-state index in [1.54, 1.807) is 6.92 Å². The van der Waals surface area contributed by atoms with Gasteiger partial charge in [0.05, 0.1) is 6.61 Å². The Morgan fingerprint density at radius 1 is 1.27 bits per heavy atom. The van der Waals surface area contributed by atoms with E-state index in [-0.39, 0.29) is 11.4 Å². The van der Waals surface area contributed by atoms with Crippen LogP contribution in [0.2, 0.25) is 0 Å². The summed E-state index contributed by atoms with van der Waals surface area (Å²) in [6.45, 7) is 3.66. The Labute approximate surface area is 152 Å². The zero-order chi connectivity index (χ0) is 18.1. The number of nitrogens with zero attached hydrogens (tertiary/aromatic N) is 5. The fourth-order valence-electron chi connectivity index (χ4n) is 3.85. The van der Waals surface area contributed by atoms with Crippen molar-refractivity contribution < 1.29 is 9.53 Å². The van der Waals surface area contributed by atoms with Crippen molar-refractivity contribution in [2.45, 2.75) is 31.8 Å². The van der Waals surface area contributed by atoms with Crippen molar-refractivity contribution in [2.75, 3.05) is 35.2 Å². The molecule has 136 valence electrons. The van der Waals surface area contributed by atoms with Gasteiger partial charge >= 0.3 is 5.97 Å². The average Bonchev–Trinajstić information content (AvgIpc) is 2.92. The van der Waals surface area contributed by atoms with Gasteiger partial charge in [-0.25, -0.2) is 14.8 Å². The molecule has 2 aromatic rings. The number of fused-ring (bicyclic) bond motifs is 2. The monoisotopic (exact) mass is 354 g/mol. The summed E-state index contributed by atoms with van der Waals surface area (Å²) in [5.74, 6) is 1.26. The molecule has 8 nitrogen and oxygen atoms in total. The van der Waals surface area contributed by atoms with Crippen LogP contribution in [0.4, 0.5) is 17.6 Å². The second kappa shape index (κ2) is 6.78. The number of rotatable bonds is 4. The number of hydrogen-bond acceptors (Lipinski definition) is 8. The van der Waals surface area contributed by atoms with Crippen LogP contribution in [-0.2, 0) is 4.74 Å². The number of aromatic nitrogens is 3. The van der Waals surface area contributed by atoms with E-state index in [1.165, 1.54) is 6.20 Å². The van der Waals surface area contributed by atoms with Crippen molar-refractivity contribution in [3.8, 4) is 0 Å². The van der Waals surface area contributed by atoms with Gasteiger partial charge in [0, 0.05) is 37.6 Å². The maximum absolute atomic E-state index is 11.9. The second-order valence-corrected chi connectivity index (χ2v) is 6.57. The van der Waals surface area contributed by atoms with Gasteiger partial charge in [-0.2, -0.15) is 4.98 Å². The third-order valence-electron chi connectivity index (χ3n) is 4.98. The van der Waals surface area contributed by atoms with E-state index in [0.29, 0.717) is 24.6 Å². The largest absolute Gasteiger partial charge is 0.462 e. The van der Waals surface area contributed by atoms with Crippen LogP contribution >= 0.6 is 0 Å². The molecule has 4 heterocycles. The molecule has 2 bridgehead atoms. The van der Waals surface area contributed by atoms with Gasteiger partial charge in [0.2, 0.25) is 5.95 Å². The number of anilines is 3. The maximum Gasteiger partial charge on any atom is 0.343 e. The van der Waals surface area contributed by atoms with Gasteiger partial charge in [-0.05, 0) is 31.9 Å². The molecule has 0 aliphatic carbocycles. The average molecular weight is 354 g/mol. The van der Waals surface area contributed by atoms with Gasteiger partial charge in [0.1, 0.15) is 17.2 Å². The Balaban J connectivity index is 1.53. The highest BCUT2D eigenvalue weighted by molar-refractivity contribution is 5.93. The number of hydrogen-bond donors (Lipinski definition) is 1. The Hall–Kier alpha value is -2.90. The predicted octanol–water partition coefficient (Wildman–Crippen LogP) is 1.49. The molecule has 2 aromatic heterocycles. The number of nitrogens with two attached hydrogens (primary N) is 1. The van der Waals surface area contributed by atoms with Gasteiger partial charge in [-0.15, -0.1) is 0 Å². The van der Waals surface area contributed by atoms with E-state index in [9.17, 15) is 4.79 Å². The third-order valence-corrected chi connectivity index (χ3v) is 4.98. The van der Waals surface area contributed by atoms with Gasteiger partial charge in [-0.3, -0.25) is 0 Å². The molecule has 0 spiro atoms. The molecule has 0 radical (unpaired) electrons. The van der Waals surface area contributed by atoms with Gasteiger partial charge in [0.15, 0.2) is 0 Å². The van der Waals surface area contributed by atoms with Crippen molar-refractivity contribution in [3.05, 3.63) is 36.2 Å². The second-order valence-electron chi connectivity index (χ2n) is 6.57. The van der Waals surface area contributed by atoms with Crippen LogP contribution in [0, 0.1) is 0 Å². The number of nitrogen functional groups attached to an aromatic ring is 1. The van der Waals surface area contributed by atoms with Gasteiger partial charge in [-0.1, -0.05) is 6.07 Å². The maximum atomic E-state index is 11.9. The SMILES string of the molecule is CCOC(=O)c1cnc(N2CC3CCC(C2)N3c2ccccn2)nc1N. The summed E-state index contributed by atoms with van der Waals surface area (Å²) in [7, 11) is 0. The lowest BCUT2D eigenvalue weighted by Gasteiger charge is -2.41. The van der Waals surface area contributed by atoms with E-state index >= 15 is 0 Å². The Morgan fingerprint density at radius 2 is 2.04 bits per heavy atom. The quantitative estimate of drug-likeness (QED) is 0.825. The standard InChI is InChI=1S/C18H22N6O2/c1-2-26-17(25)14-9-21-18(22-16(14)19)23-10-12-6-7-13(11-23)24(12)15-5-3-4-8-20-15/h3-5,8-9,12-13H,2,6-7,10-11H2,1H3,(H2,19,21,22). The molecule has 2 unspecified atom stereocenters. The zero-order valence-corrected chi connectivity index (χ0v) is 14.7. The predicted molar refractivity (Wildman–Crippen MR) is 98.1 cm³/mol. The highest BCUT2D eigenvalue weighted by Gasteiger charge is 2.41. The molecule has 0 amide bonds. The summed E-state index contributed by atoms with van der Waals surface area (Å²) < 4.78 is 4.98. The number of ether oxygens (including phenoxy) is 1. The number of carbonyl (C=O) groups is 1. The van der Waals surface area contributed by atoms with E-state index in [0.717, 1.165) is 31.7 Å². The first-order valence-electron chi connectivity index (χ1n) is 8.91. The van der Waals surface area contributed by atoms with E-state index in [1.807, 2.05) is 18.3 Å². The van der Waals surface area contributed by atoms with Crippen LogP contribution in [0.1, 0.15) is 30.1 Å². The molecule has 2 N–H and O–H groups in total. The molecule has 2 aliphatic heterocycles. The summed E-state index contributed by atoms with van der Waals surface area (Å²) in [6, 6.07) is 6.76. The Morgan fingerprint density at radius 3 is 2.65 bits per heavy atom. The van der Waals surface area contributed by atoms with Crippen LogP contribution in [0.5, 0.6) is 0 Å². The van der Waals surface area contributed by atoms with Crippen molar-refractivity contribution in [3.63, 3.8) is 0 Å². The van der Waals surface area contributed by atoms with Crippen LogP contribution in [-0.4, -0.2) is 52.7 Å². The lowest BCUT2D eigenvalue weighted by atomic mass is 10.2. The molecule has 2 saturated heterocycles. The van der Waals surface area contributed by atoms with Crippen molar-refractivity contribution in [2.24, 2.45) is 0 Å². The molecule has 2 atom stereocenters. The van der Waals surface area contributed by atoms with Gasteiger partial charge < -0.3 is 20.3 Å². The van der Waals surface area contributed by atoms with Crippen LogP contribution < -0.4 is 15.5 Å². The smallest absolute Gasteiger partial charge is 0.343 e. The minimum Gasteiger partial charge on any atom is -0.462 e. The number of esters is 1. The first kappa shape index (κ1) is 16.6. The normalized spacial score (nSPS) is 21.7. The Bertz CT molecular complexity index is 786. The lowest BCUT2D eigenvalue weighted by molar-refractivity contribution is 0.0527. The molecule has 4 rings (SSSR count). The molecule has 8 heteroatoms. The minimum absolute atomic E-state index is 0.160. The fourth-order valence-corrected chi connectivity index (χ4v) is 3.85. The molecular formula is C18H22N6O2. The molecule has 26 heavy (non-hydrogen) atoms. The highest BCUT2D eigenvalue weighted by Crippen LogP contribution is 2.34. The number of piperazine rings is 1. The highest BCUT2D eigenvalue weighted by atomic mass is 16.5. The topological polar surface area (TPSA) is 97.5 Å². The van der Waals surface area contributed by atoms with Gasteiger partial charge in [0.25, 0.3) is 0 Å². The summed E-state index contributed by atoms with van der Waals surface area (Å²) in [6.07, 6.45) is 5.53. The van der Waals surface area contributed by atoms with E-state index in [4.69, 9.17) is 10.5 Å². The minimum atomic E-state index is -0.489. The molecule has 2 fully saturated rings. The van der Waals surface area contributed by atoms with Crippen LogP contribution in [0.15, 0.2) is 30.6 Å². The first-order chi connectivity index (χ1) is 12.7. The summed E-state index contributed by atoms with van der Waals surface area (Å²) in [5.41, 5.74) is 6.18. The third kappa shape index (κ3) is 2.91. The zero-order valence-electron chi connectivity index (χ0n) is 14.7. The number of carbonyl (C=O) groups excluding carboxylic acids is 1. The summed E-state index contributed by atoms with van der Waals surface area (Å²) >= 11 is 0. The molecule has 0 saturated carbocycles. The Kier molecular flexibility index (Phi) is 4.32. The van der Waals surface area contributed by atoms with Crippen molar-refractivity contribution >= 4 is 23.6 Å². The summed E-state index contributed by atoms with van der Waals surface area (Å²) in [5, 5.41) is 0. The van der Waals surface area contributed by atoms with E-state index < -0.39 is 5.97 Å². The summed E-state index contributed by atoms with van der Waals surface area (Å²) in [4.78, 5) is 29.6.